The number of rotatable bonds is 1. The van der Waals surface area contributed by atoms with Crippen molar-refractivity contribution in [1.82, 2.24) is 9.55 Å². The molecule has 0 spiro atoms. The Morgan fingerprint density at radius 2 is 2.07 bits per heavy atom. The molecule has 0 saturated heterocycles. The fourth-order valence-electron chi connectivity index (χ4n) is 1.19. The van der Waals surface area contributed by atoms with E-state index in [1.165, 1.54) is 17.1 Å². The lowest BCUT2D eigenvalue weighted by Gasteiger charge is -2.06. The molecule has 0 atom stereocenters. The van der Waals surface area contributed by atoms with E-state index < -0.39 is 11.6 Å². The number of hydrogen-bond acceptors (Lipinski definition) is 2. The van der Waals surface area contributed by atoms with Gasteiger partial charge in [-0.1, -0.05) is 0 Å². The summed E-state index contributed by atoms with van der Waals surface area (Å²) in [4.78, 5) is 3.76. The van der Waals surface area contributed by atoms with Crippen LogP contribution in [0.1, 0.15) is 0 Å². The number of benzene rings is 1. The molecule has 2 N–H and O–H groups in total. The standard InChI is InChI=1S/C9H7F2N3/c10-6-3-7(11)9(12)8(4-6)14-2-1-13-5-14/h1-5H,12H2. The quantitative estimate of drug-likeness (QED) is 0.704. The van der Waals surface area contributed by atoms with Crippen LogP contribution in [0.25, 0.3) is 5.69 Å². The van der Waals surface area contributed by atoms with Crippen LogP contribution in [-0.4, -0.2) is 9.55 Å². The Morgan fingerprint density at radius 1 is 1.29 bits per heavy atom. The average molecular weight is 195 g/mol. The third kappa shape index (κ3) is 1.32. The molecule has 72 valence electrons. The highest BCUT2D eigenvalue weighted by Gasteiger charge is 2.08. The minimum Gasteiger partial charge on any atom is -0.395 e. The smallest absolute Gasteiger partial charge is 0.151 e. The van der Waals surface area contributed by atoms with Gasteiger partial charge in [0.1, 0.15) is 5.82 Å². The van der Waals surface area contributed by atoms with Crippen LogP contribution in [-0.2, 0) is 0 Å². The van der Waals surface area contributed by atoms with Gasteiger partial charge in [0.2, 0.25) is 0 Å². The lowest BCUT2D eigenvalue weighted by atomic mass is 10.2. The third-order valence-electron chi connectivity index (χ3n) is 1.86. The summed E-state index contributed by atoms with van der Waals surface area (Å²) in [7, 11) is 0. The second-order valence-corrected chi connectivity index (χ2v) is 2.79. The fraction of sp³-hybridized carbons (Fsp3) is 0. The van der Waals surface area contributed by atoms with Crippen molar-refractivity contribution in [1.29, 1.82) is 0 Å². The van der Waals surface area contributed by atoms with Gasteiger partial charge in [-0.05, 0) is 0 Å². The number of hydrogen-bond donors (Lipinski definition) is 1. The van der Waals surface area contributed by atoms with Crippen LogP contribution in [0.3, 0.4) is 0 Å². The average Bonchev–Trinajstić information content (AvgIpc) is 2.63. The van der Waals surface area contributed by atoms with Crippen molar-refractivity contribution in [3.8, 4) is 5.69 Å². The van der Waals surface area contributed by atoms with E-state index in [0.717, 1.165) is 12.1 Å². The van der Waals surface area contributed by atoms with Crippen molar-refractivity contribution in [2.75, 3.05) is 5.73 Å². The maximum atomic E-state index is 13.0. The first-order valence-electron chi connectivity index (χ1n) is 3.91. The fourth-order valence-corrected chi connectivity index (χ4v) is 1.19. The normalized spacial score (nSPS) is 10.4. The maximum Gasteiger partial charge on any atom is 0.151 e. The number of halogens is 2. The summed E-state index contributed by atoms with van der Waals surface area (Å²) in [6.45, 7) is 0. The first-order valence-corrected chi connectivity index (χ1v) is 3.91. The van der Waals surface area contributed by atoms with E-state index >= 15 is 0 Å². The van der Waals surface area contributed by atoms with Gasteiger partial charge in [-0.3, -0.25) is 0 Å². The topological polar surface area (TPSA) is 43.8 Å². The van der Waals surface area contributed by atoms with E-state index in [-0.39, 0.29) is 11.4 Å². The van der Waals surface area contributed by atoms with Gasteiger partial charge in [-0.2, -0.15) is 0 Å². The number of nitrogens with two attached hydrogens (primary N) is 1. The van der Waals surface area contributed by atoms with Gasteiger partial charge in [-0.25, -0.2) is 13.8 Å². The third-order valence-corrected chi connectivity index (χ3v) is 1.86. The van der Waals surface area contributed by atoms with Gasteiger partial charge < -0.3 is 10.3 Å². The number of imidazole rings is 1. The molecule has 0 unspecified atom stereocenters. The predicted octanol–water partition coefficient (Wildman–Crippen LogP) is 1.73. The minimum absolute atomic E-state index is 0.0931. The van der Waals surface area contributed by atoms with E-state index in [0.29, 0.717) is 0 Å². The van der Waals surface area contributed by atoms with Crippen molar-refractivity contribution >= 4 is 5.69 Å². The Labute approximate surface area is 78.8 Å². The molecule has 0 aliphatic carbocycles. The van der Waals surface area contributed by atoms with E-state index in [1.807, 2.05) is 0 Å². The molecule has 1 aromatic carbocycles. The van der Waals surface area contributed by atoms with Crippen molar-refractivity contribution in [2.45, 2.75) is 0 Å². The van der Waals surface area contributed by atoms with Crippen LogP contribution >= 0.6 is 0 Å². The zero-order chi connectivity index (χ0) is 10.1. The zero-order valence-corrected chi connectivity index (χ0v) is 7.11. The van der Waals surface area contributed by atoms with Gasteiger partial charge in [0.15, 0.2) is 5.82 Å². The van der Waals surface area contributed by atoms with E-state index in [4.69, 9.17) is 5.73 Å². The molecule has 1 heterocycles. The van der Waals surface area contributed by atoms with Crippen molar-refractivity contribution in [2.24, 2.45) is 0 Å². The van der Waals surface area contributed by atoms with Crippen LogP contribution in [0, 0.1) is 11.6 Å². The molecule has 1 aromatic heterocycles. The van der Waals surface area contributed by atoms with Crippen molar-refractivity contribution in [3.63, 3.8) is 0 Å². The van der Waals surface area contributed by atoms with Gasteiger partial charge in [0.05, 0.1) is 17.7 Å². The van der Waals surface area contributed by atoms with Crippen LogP contribution in [0.15, 0.2) is 30.9 Å². The molecule has 0 radical (unpaired) electrons. The Balaban J connectivity index is 2.64. The highest BCUT2D eigenvalue weighted by atomic mass is 19.1. The number of nitrogen functional groups attached to an aromatic ring is 1. The number of anilines is 1. The van der Waals surface area contributed by atoms with Crippen LogP contribution < -0.4 is 5.73 Å². The summed E-state index contributed by atoms with van der Waals surface area (Å²) in [5, 5.41) is 0. The predicted molar refractivity (Wildman–Crippen MR) is 47.9 cm³/mol. The van der Waals surface area contributed by atoms with Crippen LogP contribution in [0.4, 0.5) is 14.5 Å². The lowest BCUT2D eigenvalue weighted by molar-refractivity contribution is 0.584. The molecule has 3 nitrogen and oxygen atoms in total. The monoisotopic (exact) mass is 195 g/mol. The summed E-state index contributed by atoms with van der Waals surface area (Å²) in [5.74, 6) is -1.44. The van der Waals surface area contributed by atoms with Crippen LogP contribution in [0.5, 0.6) is 0 Å². The zero-order valence-electron chi connectivity index (χ0n) is 7.11. The molecule has 5 heteroatoms. The Kier molecular flexibility index (Phi) is 1.92. The molecule has 0 aliphatic rings. The molecular formula is C9H7F2N3. The molecule has 0 bridgehead atoms. The van der Waals surface area contributed by atoms with Crippen molar-refractivity contribution in [3.05, 3.63) is 42.5 Å². The minimum atomic E-state index is -0.770. The Hall–Kier alpha value is -1.91. The first-order chi connectivity index (χ1) is 6.68. The molecule has 14 heavy (non-hydrogen) atoms. The van der Waals surface area contributed by atoms with Gasteiger partial charge in [0, 0.05) is 24.5 Å². The second-order valence-electron chi connectivity index (χ2n) is 2.79. The second kappa shape index (κ2) is 3.10. The first kappa shape index (κ1) is 8.68. The van der Waals surface area contributed by atoms with Crippen LogP contribution in [0.2, 0.25) is 0 Å². The Morgan fingerprint density at radius 3 is 2.71 bits per heavy atom. The van der Waals surface area contributed by atoms with Gasteiger partial charge in [-0.15, -0.1) is 0 Å². The lowest BCUT2D eigenvalue weighted by Crippen LogP contribution is -2.01. The summed E-state index contributed by atoms with van der Waals surface area (Å²) >= 11 is 0. The largest absolute Gasteiger partial charge is 0.395 e. The van der Waals surface area contributed by atoms with Gasteiger partial charge >= 0.3 is 0 Å². The maximum absolute atomic E-state index is 13.0. The Bertz CT molecular complexity index is 451. The summed E-state index contributed by atoms with van der Waals surface area (Å²) in [6, 6.07) is 1.90. The van der Waals surface area contributed by atoms with E-state index in [9.17, 15) is 8.78 Å². The summed E-state index contributed by atoms with van der Waals surface area (Å²) in [5.41, 5.74) is 5.61. The van der Waals surface area contributed by atoms with E-state index in [2.05, 4.69) is 4.98 Å². The van der Waals surface area contributed by atoms with Crippen molar-refractivity contribution < 1.29 is 8.78 Å². The molecule has 0 saturated carbocycles. The van der Waals surface area contributed by atoms with E-state index in [1.54, 1.807) is 6.20 Å². The SMILES string of the molecule is Nc1c(F)cc(F)cc1-n1ccnc1. The molecular weight excluding hydrogens is 188 g/mol. The molecule has 0 fully saturated rings. The number of aromatic nitrogens is 2. The molecule has 2 rings (SSSR count). The summed E-state index contributed by atoms with van der Waals surface area (Å²) < 4.78 is 27.3. The molecule has 0 aliphatic heterocycles. The highest BCUT2D eigenvalue weighted by Crippen LogP contribution is 2.21. The highest BCUT2D eigenvalue weighted by molar-refractivity contribution is 5.58. The number of nitrogens with zero attached hydrogens (tertiary/aromatic N) is 2. The summed E-state index contributed by atoms with van der Waals surface area (Å²) in [6.07, 6.45) is 4.48. The molecule has 0 amide bonds. The van der Waals surface area contributed by atoms with Gasteiger partial charge in [0.25, 0.3) is 0 Å². The molecule has 2 aromatic rings.